The normalized spacial score (nSPS) is 16.7. The first-order valence-corrected chi connectivity index (χ1v) is 7.06. The molecule has 18 heavy (non-hydrogen) atoms. The molecule has 1 saturated carbocycles. The third-order valence-electron chi connectivity index (χ3n) is 3.89. The zero-order valence-corrected chi connectivity index (χ0v) is 11.0. The fourth-order valence-corrected chi connectivity index (χ4v) is 2.85. The molecular formula is C15H21N3. The van der Waals surface area contributed by atoms with Crippen LogP contribution in [0, 0.1) is 0 Å². The Morgan fingerprint density at radius 1 is 1.33 bits per heavy atom. The number of nitrogens with one attached hydrogen (secondary N) is 2. The van der Waals surface area contributed by atoms with Gasteiger partial charge in [0.2, 0.25) is 0 Å². The molecule has 0 aliphatic heterocycles. The van der Waals surface area contributed by atoms with E-state index in [-0.39, 0.29) is 0 Å². The van der Waals surface area contributed by atoms with Crippen molar-refractivity contribution in [1.29, 1.82) is 0 Å². The predicted octanol–water partition coefficient (Wildman–Crippen LogP) is 3.33. The largest absolute Gasteiger partial charge is 0.342 e. The lowest BCUT2D eigenvalue weighted by Gasteiger charge is -2.02. The van der Waals surface area contributed by atoms with Crippen molar-refractivity contribution in [2.45, 2.75) is 45.1 Å². The van der Waals surface area contributed by atoms with E-state index in [1.807, 2.05) is 0 Å². The Morgan fingerprint density at radius 2 is 2.17 bits per heavy atom. The van der Waals surface area contributed by atoms with E-state index >= 15 is 0 Å². The summed E-state index contributed by atoms with van der Waals surface area (Å²) in [7, 11) is 0. The number of benzene rings is 1. The average Bonchev–Trinajstić information content (AvgIpc) is 3.03. The lowest BCUT2D eigenvalue weighted by Crippen LogP contribution is -2.11. The second kappa shape index (κ2) is 5.11. The Morgan fingerprint density at radius 3 is 2.94 bits per heavy atom. The van der Waals surface area contributed by atoms with Crippen molar-refractivity contribution in [2.24, 2.45) is 0 Å². The molecule has 0 saturated heterocycles. The molecule has 3 rings (SSSR count). The van der Waals surface area contributed by atoms with E-state index in [4.69, 9.17) is 4.98 Å². The third-order valence-corrected chi connectivity index (χ3v) is 3.89. The summed E-state index contributed by atoms with van der Waals surface area (Å²) in [6.07, 6.45) is 5.30. The molecule has 0 radical (unpaired) electrons. The molecule has 96 valence electrons. The summed E-state index contributed by atoms with van der Waals surface area (Å²) in [5, 5.41) is 3.36. The minimum absolute atomic E-state index is 0.662. The maximum atomic E-state index is 4.74. The van der Waals surface area contributed by atoms with Gasteiger partial charge in [-0.1, -0.05) is 25.8 Å². The number of nitrogens with zero attached hydrogens (tertiary/aromatic N) is 1. The van der Waals surface area contributed by atoms with E-state index in [2.05, 4.69) is 35.4 Å². The van der Waals surface area contributed by atoms with Crippen molar-refractivity contribution in [3.8, 4) is 0 Å². The zero-order valence-electron chi connectivity index (χ0n) is 11.0. The quantitative estimate of drug-likeness (QED) is 0.864. The van der Waals surface area contributed by atoms with Crippen LogP contribution in [0.3, 0.4) is 0 Å². The highest BCUT2D eigenvalue weighted by Gasteiger charge is 2.20. The number of imidazole rings is 1. The zero-order chi connectivity index (χ0) is 12.4. The molecule has 2 aromatic rings. The Bertz CT molecular complexity index is 524. The molecule has 2 N–H and O–H groups in total. The molecule has 1 heterocycles. The minimum Gasteiger partial charge on any atom is -0.342 e. The highest BCUT2D eigenvalue weighted by atomic mass is 14.9. The van der Waals surface area contributed by atoms with Crippen molar-refractivity contribution in [3.05, 3.63) is 29.6 Å². The van der Waals surface area contributed by atoms with Gasteiger partial charge in [0.25, 0.3) is 0 Å². The standard InChI is InChI=1S/C15H21N3/c1-2-16-10-11-7-8-13-14(9-11)18-15(17-13)12-5-3-4-6-12/h7-9,12,16H,2-6,10H2,1H3,(H,17,18). The SMILES string of the molecule is CCNCc1ccc2nc(C3CCCC3)[nH]c2c1. The molecule has 0 bridgehead atoms. The average molecular weight is 243 g/mol. The van der Waals surface area contributed by atoms with Crippen molar-refractivity contribution < 1.29 is 0 Å². The smallest absolute Gasteiger partial charge is 0.110 e. The Hall–Kier alpha value is -1.35. The number of H-pyrrole nitrogens is 1. The molecule has 0 spiro atoms. The monoisotopic (exact) mass is 243 g/mol. The molecule has 1 aromatic heterocycles. The van der Waals surface area contributed by atoms with Gasteiger partial charge < -0.3 is 10.3 Å². The number of hydrogen-bond donors (Lipinski definition) is 2. The number of aromatic amines is 1. The van der Waals surface area contributed by atoms with Crippen LogP contribution in [0.5, 0.6) is 0 Å². The van der Waals surface area contributed by atoms with Gasteiger partial charge in [0, 0.05) is 12.5 Å². The minimum atomic E-state index is 0.662. The summed E-state index contributed by atoms with van der Waals surface area (Å²) >= 11 is 0. The highest BCUT2D eigenvalue weighted by Crippen LogP contribution is 2.33. The number of hydrogen-bond acceptors (Lipinski definition) is 2. The molecule has 1 aliphatic carbocycles. The van der Waals surface area contributed by atoms with Crippen LogP contribution in [0.15, 0.2) is 18.2 Å². The van der Waals surface area contributed by atoms with Crippen LogP contribution in [0.1, 0.15) is 49.9 Å². The van der Waals surface area contributed by atoms with Crippen molar-refractivity contribution >= 4 is 11.0 Å². The Balaban J connectivity index is 1.86. The fraction of sp³-hybridized carbons (Fsp3) is 0.533. The third kappa shape index (κ3) is 2.27. The van der Waals surface area contributed by atoms with E-state index in [1.165, 1.54) is 42.6 Å². The fourth-order valence-electron chi connectivity index (χ4n) is 2.85. The van der Waals surface area contributed by atoms with Gasteiger partial charge in [-0.3, -0.25) is 0 Å². The first-order valence-electron chi connectivity index (χ1n) is 7.06. The molecule has 0 amide bonds. The summed E-state index contributed by atoms with van der Waals surface area (Å²) in [6, 6.07) is 6.53. The molecule has 1 aliphatic rings. The molecule has 0 atom stereocenters. The maximum Gasteiger partial charge on any atom is 0.110 e. The van der Waals surface area contributed by atoms with Crippen molar-refractivity contribution in [2.75, 3.05) is 6.54 Å². The van der Waals surface area contributed by atoms with E-state index in [0.29, 0.717) is 5.92 Å². The van der Waals surface area contributed by atoms with Gasteiger partial charge in [-0.15, -0.1) is 0 Å². The molecule has 3 heteroatoms. The number of fused-ring (bicyclic) bond motifs is 1. The molecular weight excluding hydrogens is 222 g/mol. The second-order valence-corrected chi connectivity index (χ2v) is 5.24. The summed E-state index contributed by atoms with van der Waals surface area (Å²) in [5.74, 6) is 1.86. The summed E-state index contributed by atoms with van der Waals surface area (Å²) in [4.78, 5) is 8.26. The Labute approximate surface area is 108 Å². The van der Waals surface area contributed by atoms with Crippen LogP contribution in [-0.2, 0) is 6.54 Å². The molecule has 1 fully saturated rings. The van der Waals surface area contributed by atoms with E-state index in [0.717, 1.165) is 18.6 Å². The van der Waals surface area contributed by atoms with Crippen molar-refractivity contribution in [3.63, 3.8) is 0 Å². The van der Waals surface area contributed by atoms with Crippen LogP contribution in [-0.4, -0.2) is 16.5 Å². The van der Waals surface area contributed by atoms with Gasteiger partial charge in [-0.2, -0.15) is 0 Å². The van der Waals surface area contributed by atoms with E-state index < -0.39 is 0 Å². The molecule has 0 unspecified atom stereocenters. The lowest BCUT2D eigenvalue weighted by atomic mass is 10.1. The number of rotatable bonds is 4. The highest BCUT2D eigenvalue weighted by molar-refractivity contribution is 5.76. The summed E-state index contributed by atoms with van der Waals surface area (Å²) < 4.78 is 0. The first-order chi connectivity index (χ1) is 8.86. The second-order valence-electron chi connectivity index (χ2n) is 5.24. The van der Waals surface area contributed by atoms with Crippen molar-refractivity contribution in [1.82, 2.24) is 15.3 Å². The summed E-state index contributed by atoms with van der Waals surface area (Å²) in [6.45, 7) is 4.07. The van der Waals surface area contributed by atoms with Crippen LogP contribution in [0.2, 0.25) is 0 Å². The van der Waals surface area contributed by atoms with E-state index in [9.17, 15) is 0 Å². The Kier molecular flexibility index (Phi) is 3.33. The van der Waals surface area contributed by atoms with Crippen LogP contribution in [0.25, 0.3) is 11.0 Å². The van der Waals surface area contributed by atoms with Gasteiger partial charge in [0.05, 0.1) is 11.0 Å². The lowest BCUT2D eigenvalue weighted by molar-refractivity contribution is 0.681. The van der Waals surface area contributed by atoms with Crippen LogP contribution in [0.4, 0.5) is 0 Å². The van der Waals surface area contributed by atoms with Gasteiger partial charge in [-0.25, -0.2) is 4.98 Å². The molecule has 3 nitrogen and oxygen atoms in total. The predicted molar refractivity (Wildman–Crippen MR) is 74.7 cm³/mol. The van der Waals surface area contributed by atoms with Crippen LogP contribution < -0.4 is 5.32 Å². The van der Waals surface area contributed by atoms with Gasteiger partial charge in [0.1, 0.15) is 5.82 Å². The summed E-state index contributed by atoms with van der Waals surface area (Å²) in [5.41, 5.74) is 3.62. The topological polar surface area (TPSA) is 40.7 Å². The molecule has 1 aromatic carbocycles. The van der Waals surface area contributed by atoms with Gasteiger partial charge in [-0.05, 0) is 37.1 Å². The number of aromatic nitrogens is 2. The van der Waals surface area contributed by atoms with Gasteiger partial charge >= 0.3 is 0 Å². The van der Waals surface area contributed by atoms with Crippen LogP contribution >= 0.6 is 0 Å². The maximum absolute atomic E-state index is 4.74. The van der Waals surface area contributed by atoms with Gasteiger partial charge in [0.15, 0.2) is 0 Å². The first kappa shape index (κ1) is 11.7. The van der Waals surface area contributed by atoms with E-state index in [1.54, 1.807) is 0 Å².